The Balaban J connectivity index is 1.46. The first-order valence-corrected chi connectivity index (χ1v) is 9.94. The highest BCUT2D eigenvalue weighted by Gasteiger charge is 2.54. The lowest BCUT2D eigenvalue weighted by Crippen LogP contribution is -2.69. The first kappa shape index (κ1) is 19.8. The van der Waals surface area contributed by atoms with Crippen molar-refractivity contribution in [2.24, 2.45) is 0 Å². The highest BCUT2D eigenvalue weighted by molar-refractivity contribution is 5.92. The van der Waals surface area contributed by atoms with Crippen molar-refractivity contribution in [2.75, 3.05) is 24.6 Å². The van der Waals surface area contributed by atoms with Crippen LogP contribution in [-0.4, -0.2) is 63.3 Å². The van der Waals surface area contributed by atoms with E-state index in [4.69, 9.17) is 9.26 Å². The molecule has 2 aliphatic rings. The quantitative estimate of drug-likeness (QED) is 0.793. The van der Waals surface area contributed by atoms with Gasteiger partial charge in [0.2, 0.25) is 0 Å². The summed E-state index contributed by atoms with van der Waals surface area (Å²) in [4.78, 5) is 14.8. The second-order valence-electron chi connectivity index (χ2n) is 8.28. The second-order valence-corrected chi connectivity index (χ2v) is 8.28. The summed E-state index contributed by atoms with van der Waals surface area (Å²) in [5.41, 5.74) is -0.422. The molecule has 9 heteroatoms. The third-order valence-corrected chi connectivity index (χ3v) is 6.09. The number of carbonyl (C=O) groups excluding carboxylic acids is 1. The van der Waals surface area contributed by atoms with E-state index in [0.29, 0.717) is 44.7 Å². The first-order chi connectivity index (χ1) is 13.8. The number of amides is 1. The minimum absolute atomic E-state index is 0.212. The van der Waals surface area contributed by atoms with Crippen molar-refractivity contribution in [3.63, 3.8) is 0 Å². The van der Waals surface area contributed by atoms with Crippen LogP contribution in [0.1, 0.15) is 48.1 Å². The fourth-order valence-electron chi connectivity index (χ4n) is 4.28. The summed E-state index contributed by atoms with van der Waals surface area (Å²) in [6, 6.07) is 5.49. The number of piperidine rings is 1. The maximum Gasteiger partial charge on any atom is 0.273 e. The predicted octanol–water partition coefficient (Wildman–Crippen LogP) is 1.39. The number of anilines is 1. The maximum absolute atomic E-state index is 12.6. The van der Waals surface area contributed by atoms with Crippen LogP contribution in [0.4, 0.5) is 5.82 Å². The van der Waals surface area contributed by atoms with Gasteiger partial charge in [0, 0.05) is 25.8 Å². The average molecular weight is 401 g/mol. The number of carbonyl (C=O) groups is 1. The molecule has 2 aliphatic heterocycles. The van der Waals surface area contributed by atoms with E-state index in [1.165, 1.54) is 0 Å². The summed E-state index contributed by atoms with van der Waals surface area (Å²) in [5.74, 6) is 1.04. The van der Waals surface area contributed by atoms with Gasteiger partial charge in [-0.25, -0.2) is 0 Å². The molecule has 156 valence electrons. The van der Waals surface area contributed by atoms with Crippen LogP contribution in [0.15, 0.2) is 22.7 Å². The predicted molar refractivity (Wildman–Crippen MR) is 105 cm³/mol. The lowest BCUT2D eigenvalue weighted by molar-refractivity contribution is -0.195. The molecule has 0 bridgehead atoms. The Hall–Kier alpha value is -2.52. The fourth-order valence-corrected chi connectivity index (χ4v) is 4.28. The first-order valence-electron chi connectivity index (χ1n) is 9.94. The van der Waals surface area contributed by atoms with Crippen molar-refractivity contribution < 1.29 is 19.2 Å². The topological polar surface area (TPSA) is 114 Å². The highest BCUT2D eigenvalue weighted by Crippen LogP contribution is 2.40. The third kappa shape index (κ3) is 3.72. The molecule has 0 saturated carbocycles. The molecular formula is C20H27N5O4. The molecule has 9 nitrogen and oxygen atoms in total. The van der Waals surface area contributed by atoms with Gasteiger partial charge >= 0.3 is 0 Å². The Kier molecular flexibility index (Phi) is 5.04. The van der Waals surface area contributed by atoms with Gasteiger partial charge in [-0.2, -0.15) is 5.10 Å². The molecule has 2 atom stereocenters. The number of rotatable bonds is 3. The molecule has 1 amide bonds. The SMILES string of the molecule is Cc1ccc(N2CCC3(CC2)OCC[C@](C)(NC(=O)c2cc(C)on2)[C@H]3O)nn1. The fraction of sp³-hybridized carbons (Fsp3) is 0.600. The molecule has 2 N–H and O–H groups in total. The van der Waals surface area contributed by atoms with Gasteiger partial charge in [-0.1, -0.05) is 5.16 Å². The largest absolute Gasteiger partial charge is 0.388 e. The zero-order valence-corrected chi connectivity index (χ0v) is 17.0. The molecule has 2 aromatic rings. The number of hydrogen-bond donors (Lipinski definition) is 2. The Morgan fingerprint density at radius 1 is 1.24 bits per heavy atom. The van der Waals surface area contributed by atoms with E-state index in [-0.39, 0.29) is 11.6 Å². The molecule has 0 radical (unpaired) electrons. The minimum Gasteiger partial charge on any atom is -0.388 e. The number of aliphatic hydroxyl groups is 1. The van der Waals surface area contributed by atoms with Crippen LogP contribution in [-0.2, 0) is 4.74 Å². The molecule has 29 heavy (non-hydrogen) atoms. The summed E-state index contributed by atoms with van der Waals surface area (Å²) >= 11 is 0. The van der Waals surface area contributed by atoms with Crippen molar-refractivity contribution in [1.82, 2.24) is 20.7 Å². The maximum atomic E-state index is 12.6. The van der Waals surface area contributed by atoms with Crippen LogP contribution in [0.25, 0.3) is 0 Å². The van der Waals surface area contributed by atoms with Crippen LogP contribution in [0.2, 0.25) is 0 Å². The molecule has 4 rings (SSSR count). The molecule has 2 fully saturated rings. The van der Waals surface area contributed by atoms with Crippen LogP contribution >= 0.6 is 0 Å². The van der Waals surface area contributed by atoms with Gasteiger partial charge in [0.05, 0.1) is 16.8 Å². The lowest BCUT2D eigenvalue weighted by Gasteiger charge is -2.53. The molecule has 2 aromatic heterocycles. The third-order valence-electron chi connectivity index (χ3n) is 6.09. The highest BCUT2D eigenvalue weighted by atomic mass is 16.5. The van der Waals surface area contributed by atoms with E-state index in [9.17, 15) is 9.90 Å². The van der Waals surface area contributed by atoms with Gasteiger partial charge in [0.1, 0.15) is 11.9 Å². The van der Waals surface area contributed by atoms with Gasteiger partial charge in [-0.05, 0) is 52.2 Å². The van der Waals surface area contributed by atoms with Crippen molar-refractivity contribution in [2.45, 2.75) is 57.3 Å². The van der Waals surface area contributed by atoms with Gasteiger partial charge in [0.15, 0.2) is 11.5 Å². The molecular weight excluding hydrogens is 374 g/mol. The standard InChI is InChI=1S/C20H27N5O4/c1-13-4-5-16(23-22-13)25-9-6-20(7-10-25)18(27)19(3,8-11-28-20)21-17(26)15-12-14(2)29-24-15/h4-5,12,18,27H,6-11H2,1-3H3,(H,21,26)/t18-,19+/m1/s1. The van der Waals surface area contributed by atoms with E-state index in [1.54, 1.807) is 13.0 Å². The minimum atomic E-state index is -0.841. The van der Waals surface area contributed by atoms with Crippen LogP contribution < -0.4 is 10.2 Å². The lowest BCUT2D eigenvalue weighted by atomic mass is 9.73. The van der Waals surface area contributed by atoms with Crippen molar-refractivity contribution >= 4 is 11.7 Å². The summed E-state index contributed by atoms with van der Waals surface area (Å²) in [7, 11) is 0. The monoisotopic (exact) mass is 401 g/mol. The normalized spacial score (nSPS) is 26.5. The van der Waals surface area contributed by atoms with E-state index in [1.807, 2.05) is 26.0 Å². The molecule has 1 spiro atoms. The summed E-state index contributed by atoms with van der Waals surface area (Å²) < 4.78 is 11.1. The van der Waals surface area contributed by atoms with E-state index >= 15 is 0 Å². The van der Waals surface area contributed by atoms with Gasteiger partial charge in [-0.3, -0.25) is 4.79 Å². The number of nitrogens with zero attached hydrogens (tertiary/aromatic N) is 4. The van der Waals surface area contributed by atoms with E-state index < -0.39 is 17.2 Å². The van der Waals surface area contributed by atoms with Gasteiger partial charge < -0.3 is 24.6 Å². The Morgan fingerprint density at radius 2 is 2.00 bits per heavy atom. The second kappa shape index (κ2) is 7.38. The number of ether oxygens (including phenoxy) is 1. The molecule has 0 aromatic carbocycles. The van der Waals surface area contributed by atoms with Crippen LogP contribution in [0, 0.1) is 13.8 Å². The molecule has 2 saturated heterocycles. The summed E-state index contributed by atoms with van der Waals surface area (Å²) in [5, 5.41) is 26.4. The van der Waals surface area contributed by atoms with Gasteiger partial charge in [0.25, 0.3) is 5.91 Å². The average Bonchev–Trinajstić information content (AvgIpc) is 3.14. The summed E-state index contributed by atoms with van der Waals surface area (Å²) in [6.07, 6.45) is 0.953. The number of aromatic nitrogens is 3. The number of hydrogen-bond acceptors (Lipinski definition) is 8. The Bertz CT molecular complexity index is 875. The van der Waals surface area contributed by atoms with Crippen molar-refractivity contribution in [1.29, 1.82) is 0 Å². The smallest absolute Gasteiger partial charge is 0.273 e. The number of nitrogens with one attached hydrogen (secondary N) is 1. The Labute approximate surface area is 169 Å². The van der Waals surface area contributed by atoms with Crippen LogP contribution in [0.5, 0.6) is 0 Å². The Morgan fingerprint density at radius 3 is 2.62 bits per heavy atom. The number of aliphatic hydroxyl groups excluding tert-OH is 1. The molecule has 0 unspecified atom stereocenters. The van der Waals surface area contributed by atoms with E-state index in [0.717, 1.165) is 11.5 Å². The van der Waals surface area contributed by atoms with Gasteiger partial charge in [-0.15, -0.1) is 5.10 Å². The van der Waals surface area contributed by atoms with Crippen molar-refractivity contribution in [3.05, 3.63) is 35.3 Å². The zero-order valence-electron chi connectivity index (χ0n) is 17.0. The summed E-state index contributed by atoms with van der Waals surface area (Å²) in [6.45, 7) is 7.36. The number of aryl methyl sites for hydroxylation is 2. The van der Waals surface area contributed by atoms with E-state index in [2.05, 4.69) is 25.6 Å². The van der Waals surface area contributed by atoms with Crippen molar-refractivity contribution in [3.8, 4) is 0 Å². The molecule has 0 aliphatic carbocycles. The zero-order chi connectivity index (χ0) is 20.6. The van der Waals surface area contributed by atoms with Crippen LogP contribution in [0.3, 0.4) is 0 Å². The molecule has 4 heterocycles.